The quantitative estimate of drug-likeness (QED) is 0.925. The number of nitrogens with one attached hydrogen (secondary N) is 1. The molecule has 0 atom stereocenters. The molecule has 2 aromatic rings. The molecule has 132 valence electrons. The fraction of sp³-hybridized carbons (Fsp3) is 0.389. The number of hydrogen-bond acceptors (Lipinski definition) is 4. The monoisotopic (exact) mass is 343 g/mol. The summed E-state index contributed by atoms with van der Waals surface area (Å²) in [7, 11) is 1.56. The minimum Gasteiger partial charge on any atom is -0.459 e. The lowest BCUT2D eigenvalue weighted by atomic mass is 9.99. The number of piperidine rings is 1. The highest BCUT2D eigenvalue weighted by atomic mass is 16.3. The standard InChI is InChI=1S/C18H21N3O4/c1-12-5-7-21(8-6-12)17(23)13-10-14(18(24)20(2)11-13)19-16(22)15-4-3-9-25-15/h3-4,9-12H,5-8H2,1-2H3,(H,19,22). The van der Waals surface area contributed by atoms with E-state index >= 15 is 0 Å². The molecule has 0 radical (unpaired) electrons. The van der Waals surface area contributed by atoms with Gasteiger partial charge < -0.3 is 19.2 Å². The molecule has 1 aliphatic rings. The van der Waals surface area contributed by atoms with Crippen molar-refractivity contribution in [1.29, 1.82) is 0 Å². The molecule has 1 aliphatic heterocycles. The van der Waals surface area contributed by atoms with Crippen LogP contribution in [0, 0.1) is 5.92 Å². The first-order valence-electron chi connectivity index (χ1n) is 8.30. The van der Waals surface area contributed by atoms with Crippen LogP contribution >= 0.6 is 0 Å². The summed E-state index contributed by atoms with van der Waals surface area (Å²) in [4.78, 5) is 38.9. The summed E-state index contributed by atoms with van der Waals surface area (Å²) >= 11 is 0. The summed E-state index contributed by atoms with van der Waals surface area (Å²) in [6.07, 6.45) is 4.83. The van der Waals surface area contributed by atoms with E-state index in [-0.39, 0.29) is 22.9 Å². The maximum absolute atomic E-state index is 12.7. The molecule has 7 nitrogen and oxygen atoms in total. The van der Waals surface area contributed by atoms with Crippen LogP contribution < -0.4 is 10.9 Å². The first-order valence-corrected chi connectivity index (χ1v) is 8.30. The van der Waals surface area contributed by atoms with Crippen molar-refractivity contribution < 1.29 is 14.0 Å². The zero-order valence-corrected chi connectivity index (χ0v) is 14.3. The van der Waals surface area contributed by atoms with E-state index in [1.165, 1.54) is 29.2 Å². The molecule has 3 rings (SSSR count). The Morgan fingerprint density at radius 1 is 1.28 bits per heavy atom. The van der Waals surface area contributed by atoms with Crippen molar-refractivity contribution in [2.45, 2.75) is 19.8 Å². The molecule has 0 spiro atoms. The second-order valence-electron chi connectivity index (χ2n) is 6.46. The second kappa shape index (κ2) is 6.96. The zero-order chi connectivity index (χ0) is 18.0. The molecular weight excluding hydrogens is 322 g/mol. The van der Waals surface area contributed by atoms with Crippen molar-refractivity contribution in [3.05, 3.63) is 52.3 Å². The predicted octanol–water partition coefficient (Wildman–Crippen LogP) is 2.10. The number of anilines is 1. The highest BCUT2D eigenvalue weighted by Gasteiger charge is 2.23. The fourth-order valence-electron chi connectivity index (χ4n) is 2.90. The number of nitrogens with zero attached hydrogens (tertiary/aromatic N) is 2. The summed E-state index contributed by atoms with van der Waals surface area (Å²) in [6, 6.07) is 4.53. The molecular formula is C18H21N3O4. The highest BCUT2D eigenvalue weighted by molar-refractivity contribution is 6.03. The van der Waals surface area contributed by atoms with Gasteiger partial charge in [-0.05, 0) is 37.0 Å². The van der Waals surface area contributed by atoms with E-state index in [0.717, 1.165) is 12.8 Å². The van der Waals surface area contributed by atoms with Gasteiger partial charge in [0.15, 0.2) is 5.76 Å². The highest BCUT2D eigenvalue weighted by Crippen LogP contribution is 2.19. The van der Waals surface area contributed by atoms with Gasteiger partial charge in [-0.25, -0.2) is 0 Å². The molecule has 0 unspecified atom stereocenters. The molecule has 25 heavy (non-hydrogen) atoms. The summed E-state index contributed by atoms with van der Waals surface area (Å²) in [5.41, 5.74) is 0.0512. The van der Waals surface area contributed by atoms with E-state index in [9.17, 15) is 14.4 Å². The fourth-order valence-corrected chi connectivity index (χ4v) is 2.90. The number of carbonyl (C=O) groups is 2. The van der Waals surface area contributed by atoms with Crippen molar-refractivity contribution in [2.75, 3.05) is 18.4 Å². The van der Waals surface area contributed by atoms with Crippen molar-refractivity contribution in [3.63, 3.8) is 0 Å². The Hall–Kier alpha value is -2.83. The Labute approximate surface area is 145 Å². The predicted molar refractivity (Wildman–Crippen MR) is 92.6 cm³/mol. The summed E-state index contributed by atoms with van der Waals surface area (Å²) in [5, 5.41) is 2.52. The van der Waals surface area contributed by atoms with Crippen LogP contribution in [0.15, 0.2) is 39.9 Å². The van der Waals surface area contributed by atoms with E-state index in [1.54, 1.807) is 18.0 Å². The van der Waals surface area contributed by atoms with E-state index in [2.05, 4.69) is 12.2 Å². The van der Waals surface area contributed by atoms with Gasteiger partial charge in [0, 0.05) is 26.3 Å². The van der Waals surface area contributed by atoms with Gasteiger partial charge in [0.2, 0.25) is 0 Å². The van der Waals surface area contributed by atoms with Crippen molar-refractivity contribution in [1.82, 2.24) is 9.47 Å². The summed E-state index contributed by atoms with van der Waals surface area (Å²) in [6.45, 7) is 3.59. The van der Waals surface area contributed by atoms with Crippen molar-refractivity contribution in [2.24, 2.45) is 13.0 Å². The van der Waals surface area contributed by atoms with Gasteiger partial charge in [-0.3, -0.25) is 14.4 Å². The number of aryl methyl sites for hydroxylation is 1. The number of rotatable bonds is 3. The molecule has 2 amide bonds. The Balaban J connectivity index is 1.84. The Kier molecular flexibility index (Phi) is 4.74. The average Bonchev–Trinajstić information content (AvgIpc) is 3.13. The SMILES string of the molecule is CC1CCN(C(=O)c2cc(NC(=O)c3ccco3)c(=O)n(C)c2)CC1. The minimum atomic E-state index is -0.529. The number of amides is 2. The third-order valence-corrected chi connectivity index (χ3v) is 4.49. The van der Waals surface area contributed by atoms with Gasteiger partial charge in [0.1, 0.15) is 5.69 Å². The van der Waals surface area contributed by atoms with Crippen molar-refractivity contribution in [3.8, 4) is 0 Å². The molecule has 0 bridgehead atoms. The van der Waals surface area contributed by atoms with Crippen LogP contribution in [-0.2, 0) is 7.05 Å². The lowest BCUT2D eigenvalue weighted by molar-refractivity contribution is 0.0696. The van der Waals surface area contributed by atoms with Crippen LogP contribution in [0.5, 0.6) is 0 Å². The third-order valence-electron chi connectivity index (χ3n) is 4.49. The molecule has 7 heteroatoms. The van der Waals surface area contributed by atoms with Crippen LogP contribution in [0.2, 0.25) is 0 Å². The molecule has 1 saturated heterocycles. The van der Waals surface area contributed by atoms with Crippen LogP contribution in [0.3, 0.4) is 0 Å². The topological polar surface area (TPSA) is 84.6 Å². The van der Waals surface area contributed by atoms with E-state index < -0.39 is 5.91 Å². The van der Waals surface area contributed by atoms with E-state index in [0.29, 0.717) is 24.6 Å². The third kappa shape index (κ3) is 3.65. The Morgan fingerprint density at radius 2 is 2.00 bits per heavy atom. The second-order valence-corrected chi connectivity index (χ2v) is 6.46. The molecule has 3 heterocycles. The molecule has 1 N–H and O–H groups in total. The number of aromatic nitrogens is 1. The van der Waals surface area contributed by atoms with Gasteiger partial charge in [-0.1, -0.05) is 6.92 Å². The van der Waals surface area contributed by atoms with E-state index in [4.69, 9.17) is 4.42 Å². The number of furan rings is 1. The number of carbonyl (C=O) groups excluding carboxylic acids is 2. The number of likely N-dealkylation sites (tertiary alicyclic amines) is 1. The maximum Gasteiger partial charge on any atom is 0.291 e. The van der Waals surface area contributed by atoms with Gasteiger partial charge in [-0.2, -0.15) is 0 Å². The molecule has 2 aromatic heterocycles. The Bertz CT molecular complexity index is 831. The molecule has 0 saturated carbocycles. The number of hydrogen-bond donors (Lipinski definition) is 1. The van der Waals surface area contributed by atoms with Gasteiger partial charge in [0.25, 0.3) is 17.4 Å². The number of pyridine rings is 1. The first-order chi connectivity index (χ1) is 12.0. The van der Waals surface area contributed by atoms with Gasteiger partial charge >= 0.3 is 0 Å². The average molecular weight is 343 g/mol. The van der Waals surface area contributed by atoms with E-state index in [1.807, 2.05) is 0 Å². The molecule has 0 aliphatic carbocycles. The zero-order valence-electron chi connectivity index (χ0n) is 14.3. The first kappa shape index (κ1) is 17.0. The smallest absolute Gasteiger partial charge is 0.291 e. The lowest BCUT2D eigenvalue weighted by Gasteiger charge is -2.30. The van der Waals surface area contributed by atoms with Gasteiger partial charge in [0.05, 0.1) is 11.8 Å². The molecule has 1 fully saturated rings. The molecule has 0 aromatic carbocycles. The summed E-state index contributed by atoms with van der Waals surface area (Å²) in [5.74, 6) is 0.0608. The summed E-state index contributed by atoms with van der Waals surface area (Å²) < 4.78 is 6.33. The normalized spacial score (nSPS) is 15.2. The van der Waals surface area contributed by atoms with Gasteiger partial charge in [-0.15, -0.1) is 0 Å². The van der Waals surface area contributed by atoms with Crippen molar-refractivity contribution >= 4 is 17.5 Å². The minimum absolute atomic E-state index is 0.0557. The van der Waals surface area contributed by atoms with Crippen LogP contribution in [0.1, 0.15) is 40.7 Å². The maximum atomic E-state index is 12.7. The van der Waals surface area contributed by atoms with Crippen LogP contribution in [0.25, 0.3) is 0 Å². The largest absolute Gasteiger partial charge is 0.459 e. The van der Waals surface area contributed by atoms with Crippen LogP contribution in [-0.4, -0.2) is 34.4 Å². The van der Waals surface area contributed by atoms with Crippen LogP contribution in [0.4, 0.5) is 5.69 Å². The Morgan fingerprint density at radius 3 is 2.64 bits per heavy atom. The lowest BCUT2D eigenvalue weighted by Crippen LogP contribution is -2.38.